The Labute approximate surface area is 108 Å². The van der Waals surface area contributed by atoms with Gasteiger partial charge in [-0.25, -0.2) is 4.79 Å². The van der Waals surface area contributed by atoms with Crippen LogP contribution in [0.15, 0.2) is 0 Å². The molecule has 0 aliphatic rings. The lowest BCUT2D eigenvalue weighted by Crippen LogP contribution is -2.44. The summed E-state index contributed by atoms with van der Waals surface area (Å²) in [5, 5.41) is 20.4. The molecular weight excluding hydrogens is 236 g/mol. The lowest BCUT2D eigenvalue weighted by Gasteiger charge is -2.22. The Morgan fingerprint density at radius 3 is 2.33 bits per heavy atom. The number of aliphatic hydroxyl groups excluding tert-OH is 1. The van der Waals surface area contributed by atoms with Gasteiger partial charge in [0.2, 0.25) is 0 Å². The fraction of sp³-hybridized carbons (Fsp3) is 0.833. The lowest BCUT2D eigenvalue weighted by atomic mass is 9.97. The molecule has 106 valence electrons. The van der Waals surface area contributed by atoms with Crippen LogP contribution in [0.25, 0.3) is 0 Å². The number of hydrogen-bond donors (Lipinski definition) is 3. The van der Waals surface area contributed by atoms with Gasteiger partial charge in [0, 0.05) is 19.6 Å². The van der Waals surface area contributed by atoms with Crippen molar-refractivity contribution >= 4 is 12.0 Å². The molecule has 0 saturated carbocycles. The van der Waals surface area contributed by atoms with E-state index >= 15 is 0 Å². The molecule has 0 aliphatic carbocycles. The number of hydrogen-bond acceptors (Lipinski definition) is 3. The average Bonchev–Trinajstić information content (AvgIpc) is 2.30. The van der Waals surface area contributed by atoms with Crippen LogP contribution >= 0.6 is 0 Å². The SMILES string of the molecule is CCN(CCO)C(=O)NCC(CC(C)C)C(=O)O. The topological polar surface area (TPSA) is 89.9 Å². The number of rotatable bonds is 8. The Morgan fingerprint density at radius 1 is 1.33 bits per heavy atom. The van der Waals surface area contributed by atoms with Crippen molar-refractivity contribution < 1.29 is 19.8 Å². The molecule has 1 atom stereocenters. The Kier molecular flexibility index (Phi) is 8.11. The van der Waals surface area contributed by atoms with Gasteiger partial charge in [0.15, 0.2) is 0 Å². The molecule has 0 heterocycles. The van der Waals surface area contributed by atoms with Gasteiger partial charge >= 0.3 is 12.0 Å². The molecule has 0 spiro atoms. The third-order valence-electron chi connectivity index (χ3n) is 2.64. The second kappa shape index (κ2) is 8.74. The zero-order valence-electron chi connectivity index (χ0n) is 11.3. The minimum Gasteiger partial charge on any atom is -0.481 e. The van der Waals surface area contributed by atoms with Gasteiger partial charge < -0.3 is 20.4 Å². The fourth-order valence-electron chi connectivity index (χ4n) is 1.69. The van der Waals surface area contributed by atoms with Crippen molar-refractivity contribution in [2.45, 2.75) is 27.2 Å². The molecule has 0 bridgehead atoms. The van der Waals surface area contributed by atoms with Crippen molar-refractivity contribution in [3.05, 3.63) is 0 Å². The average molecular weight is 260 g/mol. The standard InChI is InChI=1S/C12H24N2O4/c1-4-14(5-6-15)12(18)13-8-10(11(16)17)7-9(2)3/h9-10,15H,4-8H2,1-3H3,(H,13,18)(H,16,17). The zero-order valence-corrected chi connectivity index (χ0v) is 11.3. The third kappa shape index (κ3) is 6.44. The number of carboxylic acids is 1. The van der Waals surface area contributed by atoms with E-state index < -0.39 is 11.9 Å². The molecule has 0 radical (unpaired) electrons. The Balaban J connectivity index is 4.25. The Morgan fingerprint density at radius 2 is 1.94 bits per heavy atom. The van der Waals surface area contributed by atoms with E-state index in [0.717, 1.165) is 0 Å². The van der Waals surface area contributed by atoms with Crippen molar-refractivity contribution in [1.82, 2.24) is 10.2 Å². The monoisotopic (exact) mass is 260 g/mol. The molecule has 0 aromatic rings. The van der Waals surface area contributed by atoms with E-state index in [-0.39, 0.29) is 31.6 Å². The quantitative estimate of drug-likeness (QED) is 0.601. The van der Waals surface area contributed by atoms with Gasteiger partial charge in [0.1, 0.15) is 0 Å². The minimum atomic E-state index is -0.894. The highest BCUT2D eigenvalue weighted by Gasteiger charge is 2.20. The maximum absolute atomic E-state index is 11.7. The van der Waals surface area contributed by atoms with Crippen LogP contribution < -0.4 is 5.32 Å². The van der Waals surface area contributed by atoms with Crippen LogP contribution in [0, 0.1) is 11.8 Å². The van der Waals surface area contributed by atoms with Gasteiger partial charge in [-0.15, -0.1) is 0 Å². The summed E-state index contributed by atoms with van der Waals surface area (Å²) in [6.07, 6.45) is 0.530. The van der Waals surface area contributed by atoms with Crippen LogP contribution in [0.5, 0.6) is 0 Å². The summed E-state index contributed by atoms with van der Waals surface area (Å²) in [6, 6.07) is -0.332. The van der Waals surface area contributed by atoms with Crippen LogP contribution in [0.4, 0.5) is 4.79 Å². The second-order valence-corrected chi connectivity index (χ2v) is 4.65. The van der Waals surface area contributed by atoms with Gasteiger partial charge in [-0.05, 0) is 19.3 Å². The van der Waals surface area contributed by atoms with Gasteiger partial charge in [-0.1, -0.05) is 13.8 Å². The molecule has 1 unspecified atom stereocenters. The van der Waals surface area contributed by atoms with Crippen molar-refractivity contribution in [2.75, 3.05) is 26.2 Å². The van der Waals surface area contributed by atoms with Gasteiger partial charge in [-0.2, -0.15) is 0 Å². The predicted octanol–water partition coefficient (Wildman–Crippen LogP) is 0.757. The van der Waals surface area contributed by atoms with Crippen LogP contribution in [-0.2, 0) is 4.79 Å². The molecule has 0 rings (SSSR count). The van der Waals surface area contributed by atoms with E-state index in [4.69, 9.17) is 10.2 Å². The number of nitrogens with one attached hydrogen (secondary N) is 1. The summed E-state index contributed by atoms with van der Waals surface area (Å²) < 4.78 is 0. The van der Waals surface area contributed by atoms with Crippen molar-refractivity contribution in [1.29, 1.82) is 0 Å². The highest BCUT2D eigenvalue weighted by molar-refractivity contribution is 5.76. The Hall–Kier alpha value is -1.30. The maximum Gasteiger partial charge on any atom is 0.317 e. The number of carboxylic acid groups (broad SMARTS) is 1. The van der Waals surface area contributed by atoms with E-state index in [1.54, 1.807) is 6.92 Å². The highest BCUT2D eigenvalue weighted by atomic mass is 16.4. The van der Waals surface area contributed by atoms with Gasteiger partial charge in [-0.3, -0.25) is 4.79 Å². The van der Waals surface area contributed by atoms with Gasteiger partial charge in [0.05, 0.1) is 12.5 Å². The first-order valence-corrected chi connectivity index (χ1v) is 6.28. The molecule has 6 nitrogen and oxygen atoms in total. The number of aliphatic carboxylic acids is 1. The summed E-state index contributed by atoms with van der Waals surface area (Å²) in [5.74, 6) is -1.20. The number of likely N-dealkylation sites (N-methyl/N-ethyl adjacent to an activating group) is 1. The van der Waals surface area contributed by atoms with E-state index in [0.29, 0.717) is 13.0 Å². The molecule has 0 fully saturated rings. The summed E-state index contributed by atoms with van der Waals surface area (Å²) in [4.78, 5) is 24.1. The number of aliphatic hydroxyl groups is 1. The van der Waals surface area contributed by atoms with Crippen LogP contribution in [-0.4, -0.2) is 53.4 Å². The molecule has 0 saturated heterocycles. The van der Waals surface area contributed by atoms with Crippen LogP contribution in [0.3, 0.4) is 0 Å². The zero-order chi connectivity index (χ0) is 14.1. The molecule has 3 N–H and O–H groups in total. The Bertz CT molecular complexity index is 269. The van der Waals surface area contributed by atoms with E-state index in [1.165, 1.54) is 4.90 Å². The van der Waals surface area contributed by atoms with E-state index in [9.17, 15) is 9.59 Å². The molecule has 18 heavy (non-hydrogen) atoms. The third-order valence-corrected chi connectivity index (χ3v) is 2.64. The number of urea groups is 1. The van der Waals surface area contributed by atoms with Crippen molar-refractivity contribution in [2.24, 2.45) is 11.8 Å². The number of carbonyl (C=O) groups excluding carboxylic acids is 1. The minimum absolute atomic E-state index is 0.102. The molecule has 0 aliphatic heterocycles. The first kappa shape index (κ1) is 16.7. The largest absolute Gasteiger partial charge is 0.481 e. The van der Waals surface area contributed by atoms with E-state index in [1.807, 2.05) is 13.8 Å². The van der Waals surface area contributed by atoms with E-state index in [2.05, 4.69) is 5.32 Å². The summed E-state index contributed by atoms with van der Waals surface area (Å²) >= 11 is 0. The highest BCUT2D eigenvalue weighted by Crippen LogP contribution is 2.11. The summed E-state index contributed by atoms with van der Waals surface area (Å²) in [5.41, 5.74) is 0. The number of amides is 2. The van der Waals surface area contributed by atoms with Crippen LogP contribution in [0.1, 0.15) is 27.2 Å². The lowest BCUT2D eigenvalue weighted by molar-refractivity contribution is -0.142. The molecule has 0 aromatic carbocycles. The number of carbonyl (C=O) groups is 2. The summed E-state index contributed by atoms with van der Waals surface area (Å²) in [7, 11) is 0. The molecular formula is C12H24N2O4. The maximum atomic E-state index is 11.7. The molecule has 6 heteroatoms. The normalized spacial score (nSPS) is 12.3. The number of nitrogens with zero attached hydrogens (tertiary/aromatic N) is 1. The van der Waals surface area contributed by atoms with Crippen molar-refractivity contribution in [3.63, 3.8) is 0 Å². The first-order chi connectivity index (χ1) is 8.42. The smallest absolute Gasteiger partial charge is 0.317 e. The first-order valence-electron chi connectivity index (χ1n) is 6.28. The van der Waals surface area contributed by atoms with Gasteiger partial charge in [0.25, 0.3) is 0 Å². The molecule has 2 amide bonds. The predicted molar refractivity (Wildman–Crippen MR) is 68.3 cm³/mol. The fourth-order valence-corrected chi connectivity index (χ4v) is 1.69. The molecule has 0 aromatic heterocycles. The second-order valence-electron chi connectivity index (χ2n) is 4.65. The van der Waals surface area contributed by atoms with Crippen LogP contribution in [0.2, 0.25) is 0 Å². The van der Waals surface area contributed by atoms with Crippen molar-refractivity contribution in [3.8, 4) is 0 Å². The summed E-state index contributed by atoms with van der Waals surface area (Å²) in [6.45, 7) is 6.45.